The Labute approximate surface area is 197 Å². The Bertz CT molecular complexity index is 1330. The van der Waals surface area contributed by atoms with Gasteiger partial charge in [0.2, 0.25) is 0 Å². The first-order valence-corrected chi connectivity index (χ1v) is 10.9. The van der Waals surface area contributed by atoms with E-state index in [1.54, 1.807) is 31.3 Å². The normalized spacial score (nSPS) is 14.6. The fourth-order valence-corrected chi connectivity index (χ4v) is 4.44. The number of carbonyl (C=O) groups excluding carboxylic acids is 1. The summed E-state index contributed by atoms with van der Waals surface area (Å²) in [7, 11) is 3.18. The molecule has 0 spiro atoms. The molecule has 5 rings (SSSR count). The van der Waals surface area contributed by atoms with Crippen LogP contribution in [0, 0.1) is 5.82 Å². The van der Waals surface area contributed by atoms with Crippen molar-refractivity contribution in [3.05, 3.63) is 108 Å². The van der Waals surface area contributed by atoms with E-state index in [0.717, 1.165) is 22.5 Å². The molecule has 1 N–H and O–H groups in total. The Morgan fingerprint density at radius 1 is 0.941 bits per heavy atom. The van der Waals surface area contributed by atoms with Crippen LogP contribution in [0.2, 0.25) is 0 Å². The quantitative estimate of drug-likeness (QED) is 0.423. The van der Waals surface area contributed by atoms with E-state index in [4.69, 9.17) is 9.47 Å². The third kappa shape index (κ3) is 3.85. The lowest BCUT2D eigenvalue weighted by Crippen LogP contribution is -2.37. The molecule has 7 heteroatoms. The average Bonchev–Trinajstić information content (AvgIpc) is 3.29. The lowest BCUT2D eigenvalue weighted by atomic mass is 10.0. The summed E-state index contributed by atoms with van der Waals surface area (Å²) in [6.07, 6.45) is 2.00. The van der Waals surface area contributed by atoms with E-state index in [1.807, 2.05) is 60.8 Å². The minimum Gasteiger partial charge on any atom is -0.493 e. The molecule has 0 radical (unpaired) electrons. The maximum Gasteiger partial charge on any atom is 0.322 e. The van der Waals surface area contributed by atoms with E-state index in [0.29, 0.717) is 23.7 Å². The van der Waals surface area contributed by atoms with Gasteiger partial charge in [0.15, 0.2) is 11.5 Å². The van der Waals surface area contributed by atoms with Crippen molar-refractivity contribution in [1.29, 1.82) is 0 Å². The highest BCUT2D eigenvalue weighted by atomic mass is 19.1. The highest BCUT2D eigenvalue weighted by molar-refractivity contribution is 5.90. The second-order valence-corrected chi connectivity index (χ2v) is 8.01. The summed E-state index contributed by atoms with van der Waals surface area (Å²) in [5.74, 6) is 0.836. The number of nitrogens with one attached hydrogen (secondary N) is 1. The van der Waals surface area contributed by atoms with Crippen LogP contribution >= 0.6 is 0 Å². The predicted octanol–water partition coefficient (Wildman–Crippen LogP) is 5.77. The SMILES string of the molecule is COc1ccc([C@@H]2c3cccn3-c3ccccc3CN2C(=O)Nc2ccc(F)cc2)cc1OC. The maximum atomic E-state index is 13.7. The first-order chi connectivity index (χ1) is 16.6. The lowest BCUT2D eigenvalue weighted by molar-refractivity contribution is 0.194. The Morgan fingerprint density at radius 3 is 2.47 bits per heavy atom. The van der Waals surface area contributed by atoms with E-state index in [9.17, 15) is 9.18 Å². The molecule has 0 saturated heterocycles. The predicted molar refractivity (Wildman–Crippen MR) is 128 cm³/mol. The Kier molecular flexibility index (Phi) is 5.67. The maximum absolute atomic E-state index is 13.7. The van der Waals surface area contributed by atoms with E-state index in [1.165, 1.54) is 12.1 Å². The number of urea groups is 1. The summed E-state index contributed by atoms with van der Waals surface area (Å²) in [5, 5.41) is 2.93. The molecule has 0 aliphatic carbocycles. The second-order valence-electron chi connectivity index (χ2n) is 8.01. The zero-order valence-corrected chi connectivity index (χ0v) is 18.9. The van der Waals surface area contributed by atoms with Gasteiger partial charge >= 0.3 is 6.03 Å². The van der Waals surface area contributed by atoms with Crippen LogP contribution in [-0.2, 0) is 6.54 Å². The van der Waals surface area contributed by atoms with E-state index >= 15 is 0 Å². The van der Waals surface area contributed by atoms with Crippen molar-refractivity contribution < 1.29 is 18.7 Å². The molecular formula is C27H24FN3O3. The molecule has 34 heavy (non-hydrogen) atoms. The van der Waals surface area contributed by atoms with Gasteiger partial charge in [-0.2, -0.15) is 0 Å². The number of benzene rings is 3. The number of para-hydroxylation sites is 1. The van der Waals surface area contributed by atoms with Crippen molar-refractivity contribution >= 4 is 11.7 Å². The smallest absolute Gasteiger partial charge is 0.322 e. The number of nitrogens with zero attached hydrogens (tertiary/aromatic N) is 2. The number of rotatable bonds is 4. The van der Waals surface area contributed by atoms with Crippen LogP contribution in [0.15, 0.2) is 85.1 Å². The molecule has 0 unspecified atom stereocenters. The van der Waals surface area contributed by atoms with Crippen molar-refractivity contribution in [2.45, 2.75) is 12.6 Å². The number of ether oxygens (including phenoxy) is 2. The highest BCUT2D eigenvalue weighted by Crippen LogP contribution is 2.39. The minimum atomic E-state index is -0.414. The van der Waals surface area contributed by atoms with Crippen LogP contribution in [0.1, 0.15) is 22.9 Å². The first kappa shape index (κ1) is 21.6. The summed E-state index contributed by atoms with van der Waals surface area (Å²) in [4.78, 5) is 15.4. The molecule has 0 fully saturated rings. The third-order valence-corrected chi connectivity index (χ3v) is 6.04. The van der Waals surface area contributed by atoms with Gasteiger partial charge in [-0.25, -0.2) is 9.18 Å². The third-order valence-electron chi connectivity index (χ3n) is 6.04. The second kappa shape index (κ2) is 8.94. The molecule has 2 heterocycles. The molecule has 4 aromatic rings. The van der Waals surface area contributed by atoms with Crippen LogP contribution < -0.4 is 14.8 Å². The van der Waals surface area contributed by atoms with Crippen LogP contribution in [0.5, 0.6) is 11.5 Å². The molecular weight excluding hydrogens is 433 g/mol. The Morgan fingerprint density at radius 2 is 1.71 bits per heavy atom. The summed E-state index contributed by atoms with van der Waals surface area (Å²) >= 11 is 0. The van der Waals surface area contributed by atoms with Crippen LogP contribution in [0.25, 0.3) is 5.69 Å². The van der Waals surface area contributed by atoms with Gasteiger partial charge in [0.1, 0.15) is 5.82 Å². The number of aromatic nitrogens is 1. The number of halogens is 1. The molecule has 1 atom stereocenters. The van der Waals surface area contributed by atoms with Gasteiger partial charge < -0.3 is 24.3 Å². The molecule has 1 aliphatic heterocycles. The van der Waals surface area contributed by atoms with Crippen molar-refractivity contribution in [3.8, 4) is 17.2 Å². The van der Waals surface area contributed by atoms with Gasteiger partial charge in [0.25, 0.3) is 0 Å². The average molecular weight is 458 g/mol. The number of hydrogen-bond donors (Lipinski definition) is 1. The van der Waals surface area contributed by atoms with Crippen molar-refractivity contribution in [1.82, 2.24) is 9.47 Å². The summed E-state index contributed by atoms with van der Waals surface area (Å²) in [6, 6.07) is 22.7. The fourth-order valence-electron chi connectivity index (χ4n) is 4.44. The van der Waals surface area contributed by atoms with Gasteiger partial charge in [-0.05, 0) is 65.7 Å². The molecule has 1 aromatic heterocycles. The first-order valence-electron chi connectivity index (χ1n) is 10.9. The minimum absolute atomic E-state index is 0.296. The summed E-state index contributed by atoms with van der Waals surface area (Å²) < 4.78 is 26.5. The van der Waals surface area contributed by atoms with Gasteiger partial charge in [0.05, 0.1) is 32.5 Å². The van der Waals surface area contributed by atoms with E-state index in [-0.39, 0.29) is 11.8 Å². The number of methoxy groups -OCH3 is 2. The van der Waals surface area contributed by atoms with Crippen molar-refractivity contribution in [2.75, 3.05) is 19.5 Å². The van der Waals surface area contributed by atoms with Gasteiger partial charge in [0, 0.05) is 17.6 Å². The molecule has 172 valence electrons. The molecule has 2 amide bonds. The standard InChI is InChI=1S/C27H24FN3O3/c1-33-24-14-9-18(16-25(24)34-2)26-23-8-5-15-30(23)22-7-4-3-6-19(22)17-31(26)27(32)29-21-12-10-20(28)11-13-21/h3-16,26H,17H2,1-2H3,(H,29,32)/t26-/m1/s1. The van der Waals surface area contributed by atoms with Gasteiger partial charge in [-0.15, -0.1) is 0 Å². The zero-order valence-electron chi connectivity index (χ0n) is 18.9. The van der Waals surface area contributed by atoms with Gasteiger partial charge in [-0.3, -0.25) is 0 Å². The van der Waals surface area contributed by atoms with E-state index < -0.39 is 6.04 Å². The van der Waals surface area contributed by atoms with Crippen LogP contribution in [0.4, 0.5) is 14.9 Å². The number of hydrogen-bond acceptors (Lipinski definition) is 3. The number of amides is 2. The Balaban J connectivity index is 1.64. The van der Waals surface area contributed by atoms with Crippen molar-refractivity contribution in [2.24, 2.45) is 0 Å². The summed E-state index contributed by atoms with van der Waals surface area (Å²) in [5.41, 5.74) is 4.36. The summed E-state index contributed by atoms with van der Waals surface area (Å²) in [6.45, 7) is 0.379. The molecule has 1 aliphatic rings. The number of carbonyl (C=O) groups is 1. The zero-order chi connectivity index (χ0) is 23.7. The number of fused-ring (bicyclic) bond motifs is 3. The molecule has 0 bridgehead atoms. The van der Waals surface area contributed by atoms with Gasteiger partial charge in [-0.1, -0.05) is 24.3 Å². The Hall–Kier alpha value is -4.26. The molecule has 6 nitrogen and oxygen atoms in total. The monoisotopic (exact) mass is 457 g/mol. The largest absolute Gasteiger partial charge is 0.493 e. The molecule has 3 aromatic carbocycles. The number of anilines is 1. The van der Waals surface area contributed by atoms with Crippen LogP contribution in [0.3, 0.4) is 0 Å². The highest BCUT2D eigenvalue weighted by Gasteiger charge is 2.33. The lowest BCUT2D eigenvalue weighted by Gasteiger charge is -2.31. The topological polar surface area (TPSA) is 55.7 Å². The van der Waals surface area contributed by atoms with Crippen LogP contribution in [-0.4, -0.2) is 29.7 Å². The van der Waals surface area contributed by atoms with E-state index in [2.05, 4.69) is 9.88 Å². The van der Waals surface area contributed by atoms with Crippen molar-refractivity contribution in [3.63, 3.8) is 0 Å². The molecule has 0 saturated carbocycles. The fraction of sp³-hybridized carbons (Fsp3) is 0.148.